The predicted octanol–water partition coefficient (Wildman–Crippen LogP) is 2.72. The number of rotatable bonds is 5. The Hall–Kier alpha value is -2.20. The number of carbonyl (C=O) groups is 1. The normalized spacial score (nSPS) is 10.8. The zero-order chi connectivity index (χ0) is 14.5. The molecule has 1 aromatic carbocycles. The SMILES string of the molecule is Cc1cccc(CN(C)Cc2ccc(C(=O)O)cc2)n1. The maximum atomic E-state index is 10.8. The van der Waals surface area contributed by atoms with Crippen LogP contribution >= 0.6 is 0 Å². The average molecular weight is 270 g/mol. The Balaban J connectivity index is 1.97. The largest absolute Gasteiger partial charge is 0.478 e. The molecule has 0 aliphatic carbocycles. The number of carboxylic acid groups (broad SMARTS) is 1. The van der Waals surface area contributed by atoms with E-state index in [4.69, 9.17) is 5.11 Å². The van der Waals surface area contributed by atoms with Crippen molar-refractivity contribution in [2.24, 2.45) is 0 Å². The summed E-state index contributed by atoms with van der Waals surface area (Å²) in [7, 11) is 2.02. The smallest absolute Gasteiger partial charge is 0.335 e. The third kappa shape index (κ3) is 3.90. The van der Waals surface area contributed by atoms with E-state index in [1.807, 2.05) is 44.3 Å². The van der Waals surface area contributed by atoms with Crippen molar-refractivity contribution in [1.82, 2.24) is 9.88 Å². The number of aromatic carboxylic acids is 1. The van der Waals surface area contributed by atoms with Gasteiger partial charge in [-0.05, 0) is 43.8 Å². The van der Waals surface area contributed by atoms with Crippen LogP contribution in [0.5, 0.6) is 0 Å². The van der Waals surface area contributed by atoms with Gasteiger partial charge in [-0.1, -0.05) is 18.2 Å². The van der Waals surface area contributed by atoms with Gasteiger partial charge in [-0.15, -0.1) is 0 Å². The van der Waals surface area contributed by atoms with Crippen molar-refractivity contribution >= 4 is 5.97 Å². The first-order chi connectivity index (χ1) is 9.54. The Bertz CT molecular complexity index is 594. The van der Waals surface area contributed by atoms with Gasteiger partial charge in [0.2, 0.25) is 0 Å². The number of hydrogen-bond donors (Lipinski definition) is 1. The third-order valence-electron chi connectivity index (χ3n) is 3.03. The average Bonchev–Trinajstić information content (AvgIpc) is 2.39. The fraction of sp³-hybridized carbons (Fsp3) is 0.250. The molecule has 0 radical (unpaired) electrons. The topological polar surface area (TPSA) is 53.4 Å². The Morgan fingerprint density at radius 3 is 2.45 bits per heavy atom. The summed E-state index contributed by atoms with van der Waals surface area (Å²) in [6.45, 7) is 3.51. The molecule has 0 fully saturated rings. The molecule has 0 saturated carbocycles. The van der Waals surface area contributed by atoms with E-state index >= 15 is 0 Å². The molecule has 4 heteroatoms. The Labute approximate surface area is 118 Å². The molecule has 1 N–H and O–H groups in total. The second-order valence-electron chi connectivity index (χ2n) is 4.94. The van der Waals surface area contributed by atoms with Crippen molar-refractivity contribution in [3.63, 3.8) is 0 Å². The van der Waals surface area contributed by atoms with Crippen LogP contribution in [0.3, 0.4) is 0 Å². The van der Waals surface area contributed by atoms with Crippen LogP contribution in [0.25, 0.3) is 0 Å². The Morgan fingerprint density at radius 1 is 1.15 bits per heavy atom. The highest BCUT2D eigenvalue weighted by atomic mass is 16.4. The van der Waals surface area contributed by atoms with E-state index in [0.717, 1.165) is 30.0 Å². The van der Waals surface area contributed by atoms with Gasteiger partial charge < -0.3 is 5.11 Å². The Kier molecular flexibility index (Phi) is 4.48. The molecule has 20 heavy (non-hydrogen) atoms. The van der Waals surface area contributed by atoms with E-state index in [-0.39, 0.29) is 0 Å². The van der Waals surface area contributed by atoms with Crippen LogP contribution in [0.1, 0.15) is 27.3 Å². The molecular formula is C16H18N2O2. The minimum absolute atomic E-state index is 0.316. The summed E-state index contributed by atoms with van der Waals surface area (Å²) in [5, 5.41) is 8.86. The monoisotopic (exact) mass is 270 g/mol. The lowest BCUT2D eigenvalue weighted by molar-refractivity contribution is 0.0697. The molecule has 0 bridgehead atoms. The lowest BCUT2D eigenvalue weighted by Gasteiger charge is -2.16. The lowest BCUT2D eigenvalue weighted by Crippen LogP contribution is -2.18. The second kappa shape index (κ2) is 6.30. The zero-order valence-corrected chi connectivity index (χ0v) is 11.7. The van der Waals surface area contributed by atoms with Crippen LogP contribution in [-0.2, 0) is 13.1 Å². The molecule has 1 aromatic heterocycles. The van der Waals surface area contributed by atoms with Crippen molar-refractivity contribution in [2.75, 3.05) is 7.05 Å². The van der Waals surface area contributed by atoms with Crippen molar-refractivity contribution in [3.8, 4) is 0 Å². The van der Waals surface area contributed by atoms with Crippen molar-refractivity contribution in [2.45, 2.75) is 20.0 Å². The molecule has 0 saturated heterocycles. The third-order valence-corrected chi connectivity index (χ3v) is 3.03. The van der Waals surface area contributed by atoms with Crippen LogP contribution in [0, 0.1) is 6.92 Å². The minimum Gasteiger partial charge on any atom is -0.478 e. The molecule has 2 rings (SSSR count). The van der Waals surface area contributed by atoms with E-state index in [1.54, 1.807) is 12.1 Å². The maximum absolute atomic E-state index is 10.8. The molecule has 0 spiro atoms. The number of aromatic nitrogens is 1. The van der Waals surface area contributed by atoms with Crippen LogP contribution in [-0.4, -0.2) is 28.0 Å². The van der Waals surface area contributed by atoms with E-state index in [9.17, 15) is 4.79 Å². The second-order valence-corrected chi connectivity index (χ2v) is 4.94. The first-order valence-corrected chi connectivity index (χ1v) is 6.48. The van der Waals surface area contributed by atoms with Crippen molar-refractivity contribution in [1.29, 1.82) is 0 Å². The summed E-state index contributed by atoms with van der Waals surface area (Å²) < 4.78 is 0. The highest BCUT2D eigenvalue weighted by molar-refractivity contribution is 5.87. The first kappa shape index (κ1) is 14.2. The summed E-state index contributed by atoms with van der Waals surface area (Å²) in [5.41, 5.74) is 3.46. The fourth-order valence-electron chi connectivity index (χ4n) is 2.08. The number of pyridine rings is 1. The van der Waals surface area contributed by atoms with Gasteiger partial charge >= 0.3 is 5.97 Å². The van der Waals surface area contributed by atoms with Gasteiger partial charge in [0.05, 0.1) is 11.3 Å². The molecule has 0 unspecified atom stereocenters. The molecule has 4 nitrogen and oxygen atoms in total. The first-order valence-electron chi connectivity index (χ1n) is 6.48. The van der Waals surface area contributed by atoms with Crippen LogP contribution < -0.4 is 0 Å². The fourth-order valence-corrected chi connectivity index (χ4v) is 2.08. The van der Waals surface area contributed by atoms with Gasteiger partial charge in [-0.25, -0.2) is 4.79 Å². The van der Waals surface area contributed by atoms with Gasteiger partial charge in [0, 0.05) is 18.8 Å². The minimum atomic E-state index is -0.895. The number of benzene rings is 1. The molecule has 0 amide bonds. The summed E-state index contributed by atoms with van der Waals surface area (Å²) in [6.07, 6.45) is 0. The van der Waals surface area contributed by atoms with E-state index in [2.05, 4.69) is 9.88 Å². The number of aryl methyl sites for hydroxylation is 1. The van der Waals surface area contributed by atoms with Gasteiger partial charge in [0.25, 0.3) is 0 Å². The predicted molar refractivity (Wildman–Crippen MR) is 77.5 cm³/mol. The Morgan fingerprint density at radius 2 is 1.85 bits per heavy atom. The standard InChI is InChI=1S/C16H18N2O2/c1-12-4-3-5-15(17-12)11-18(2)10-13-6-8-14(9-7-13)16(19)20/h3-9H,10-11H2,1-2H3,(H,19,20). The van der Waals surface area contributed by atoms with Gasteiger partial charge in [-0.3, -0.25) is 9.88 Å². The summed E-state index contributed by atoms with van der Waals surface area (Å²) >= 11 is 0. The van der Waals surface area contributed by atoms with Gasteiger partial charge in [0.15, 0.2) is 0 Å². The number of carboxylic acids is 1. The molecule has 0 aliphatic rings. The molecule has 0 aliphatic heterocycles. The summed E-state index contributed by atoms with van der Waals surface area (Å²) in [5.74, 6) is -0.895. The van der Waals surface area contributed by atoms with Crippen LogP contribution in [0.15, 0.2) is 42.5 Å². The lowest BCUT2D eigenvalue weighted by atomic mass is 10.1. The number of hydrogen-bond acceptors (Lipinski definition) is 3. The van der Waals surface area contributed by atoms with Crippen LogP contribution in [0.2, 0.25) is 0 Å². The van der Waals surface area contributed by atoms with Gasteiger partial charge in [-0.2, -0.15) is 0 Å². The molecule has 104 valence electrons. The molecule has 0 atom stereocenters. The van der Waals surface area contributed by atoms with Crippen LogP contribution in [0.4, 0.5) is 0 Å². The summed E-state index contributed by atoms with van der Waals surface area (Å²) in [4.78, 5) is 17.4. The molecule has 2 aromatic rings. The maximum Gasteiger partial charge on any atom is 0.335 e. The highest BCUT2D eigenvalue weighted by Gasteiger charge is 2.05. The van der Waals surface area contributed by atoms with Crippen molar-refractivity contribution < 1.29 is 9.90 Å². The quantitative estimate of drug-likeness (QED) is 0.907. The van der Waals surface area contributed by atoms with E-state index < -0.39 is 5.97 Å². The summed E-state index contributed by atoms with van der Waals surface area (Å²) in [6, 6.07) is 13.0. The van der Waals surface area contributed by atoms with E-state index in [0.29, 0.717) is 5.56 Å². The zero-order valence-electron chi connectivity index (χ0n) is 11.7. The van der Waals surface area contributed by atoms with Crippen molar-refractivity contribution in [3.05, 3.63) is 65.0 Å². The number of nitrogens with zero attached hydrogens (tertiary/aromatic N) is 2. The van der Waals surface area contributed by atoms with Gasteiger partial charge in [0.1, 0.15) is 0 Å². The van der Waals surface area contributed by atoms with E-state index in [1.165, 1.54) is 0 Å². The molecule has 1 heterocycles. The highest BCUT2D eigenvalue weighted by Crippen LogP contribution is 2.09. The molecular weight excluding hydrogens is 252 g/mol.